The van der Waals surface area contributed by atoms with Gasteiger partial charge in [0.15, 0.2) is 0 Å². The highest BCUT2D eigenvalue weighted by Crippen LogP contribution is 2.31. The van der Waals surface area contributed by atoms with Gasteiger partial charge >= 0.3 is 0 Å². The summed E-state index contributed by atoms with van der Waals surface area (Å²) < 4.78 is 18.4. The second-order valence-electron chi connectivity index (χ2n) is 6.75. The van der Waals surface area contributed by atoms with Crippen LogP contribution in [0.2, 0.25) is 5.02 Å². The zero-order chi connectivity index (χ0) is 23.4. The molecule has 0 bridgehead atoms. The molecule has 0 atom stereocenters. The van der Waals surface area contributed by atoms with Crippen LogP contribution in [-0.2, 0) is 4.79 Å². The van der Waals surface area contributed by atoms with Gasteiger partial charge in [0.2, 0.25) is 5.91 Å². The van der Waals surface area contributed by atoms with Crippen molar-refractivity contribution in [2.24, 2.45) is 0 Å². The van der Waals surface area contributed by atoms with Crippen molar-refractivity contribution < 1.29 is 23.5 Å². The van der Waals surface area contributed by atoms with Gasteiger partial charge in [-0.3, -0.25) is 14.4 Å². The van der Waals surface area contributed by atoms with Crippen molar-refractivity contribution in [3.05, 3.63) is 69.3 Å². The summed E-state index contributed by atoms with van der Waals surface area (Å²) in [7, 11) is 1.48. The van der Waals surface area contributed by atoms with Crippen molar-refractivity contribution in [3.8, 4) is 5.75 Å². The summed E-state index contributed by atoms with van der Waals surface area (Å²) in [6.07, 6.45) is 0. The average Bonchev–Trinajstić information content (AvgIpc) is 3.07. The lowest BCUT2D eigenvalue weighted by atomic mass is 10.2. The molecule has 0 aliphatic carbocycles. The molecule has 3 rings (SSSR count). The van der Waals surface area contributed by atoms with Gasteiger partial charge in [-0.2, -0.15) is 0 Å². The lowest BCUT2D eigenvalue weighted by molar-refractivity contribution is -0.114. The fraction of sp³-hybridized carbons (Fsp3) is 0.136. The molecule has 3 N–H and O–H groups in total. The summed E-state index contributed by atoms with van der Waals surface area (Å²) in [6.45, 7) is 3.11. The number of carbonyl (C=O) groups excluding carboxylic acids is 3. The van der Waals surface area contributed by atoms with Gasteiger partial charge in [-0.1, -0.05) is 11.6 Å². The van der Waals surface area contributed by atoms with E-state index < -0.39 is 11.7 Å². The van der Waals surface area contributed by atoms with Crippen LogP contribution >= 0.6 is 22.9 Å². The minimum atomic E-state index is -0.544. The van der Waals surface area contributed by atoms with Crippen molar-refractivity contribution in [3.63, 3.8) is 0 Å². The molecule has 0 saturated heterocycles. The number of methoxy groups -OCH3 is 1. The highest BCUT2D eigenvalue weighted by molar-refractivity contribution is 7.18. The van der Waals surface area contributed by atoms with Crippen molar-refractivity contribution >= 4 is 57.0 Å². The lowest BCUT2D eigenvalue weighted by Crippen LogP contribution is -2.13. The van der Waals surface area contributed by atoms with Crippen LogP contribution in [0.5, 0.6) is 5.75 Å². The average molecular weight is 476 g/mol. The summed E-state index contributed by atoms with van der Waals surface area (Å²) >= 11 is 7.02. The van der Waals surface area contributed by atoms with Crippen LogP contribution in [0.1, 0.15) is 32.5 Å². The van der Waals surface area contributed by atoms with Crippen molar-refractivity contribution in [2.45, 2.75) is 13.8 Å². The first-order valence-corrected chi connectivity index (χ1v) is 10.5. The Kier molecular flexibility index (Phi) is 7.12. The number of carbonyl (C=O) groups is 3. The van der Waals surface area contributed by atoms with E-state index in [2.05, 4.69) is 16.0 Å². The van der Waals surface area contributed by atoms with Crippen LogP contribution in [-0.4, -0.2) is 24.8 Å². The first kappa shape index (κ1) is 23.2. The van der Waals surface area contributed by atoms with Gasteiger partial charge in [0.05, 0.1) is 33.3 Å². The Bertz CT molecular complexity index is 1210. The van der Waals surface area contributed by atoms with Gasteiger partial charge in [-0.15, -0.1) is 11.3 Å². The van der Waals surface area contributed by atoms with E-state index in [0.29, 0.717) is 32.6 Å². The Hall–Kier alpha value is -3.43. The van der Waals surface area contributed by atoms with Crippen LogP contribution in [0, 0.1) is 12.7 Å². The molecule has 0 spiro atoms. The maximum Gasteiger partial charge on any atom is 0.266 e. The van der Waals surface area contributed by atoms with E-state index in [4.69, 9.17) is 16.3 Å². The fourth-order valence-electron chi connectivity index (χ4n) is 2.88. The quantitative estimate of drug-likeness (QED) is 0.449. The molecule has 3 amide bonds. The Morgan fingerprint density at radius 3 is 2.41 bits per heavy atom. The lowest BCUT2D eigenvalue weighted by Gasteiger charge is -2.11. The standard InChI is InChI=1S/C22H19ClFN3O4S/c1-11-8-19(27-21(29)15-6-4-13(24)9-16(15)23)32-20(11)22(30)26-14-5-7-18(31-3)17(10-14)25-12(2)28/h4-10H,1-3H3,(H,25,28)(H,26,30)(H,27,29). The maximum atomic E-state index is 13.2. The molecule has 1 heterocycles. The van der Waals surface area contributed by atoms with Gasteiger partial charge in [0, 0.05) is 12.6 Å². The van der Waals surface area contributed by atoms with Gasteiger partial charge in [-0.05, 0) is 55.0 Å². The van der Waals surface area contributed by atoms with E-state index in [-0.39, 0.29) is 22.4 Å². The van der Waals surface area contributed by atoms with Gasteiger partial charge in [0.1, 0.15) is 11.6 Å². The first-order chi connectivity index (χ1) is 15.2. The molecule has 2 aromatic carbocycles. The number of hydrogen-bond acceptors (Lipinski definition) is 5. The second kappa shape index (κ2) is 9.80. The number of rotatable bonds is 6. The van der Waals surface area contributed by atoms with Crippen molar-refractivity contribution in [1.82, 2.24) is 0 Å². The fourth-order valence-corrected chi connectivity index (χ4v) is 4.10. The molecule has 166 valence electrons. The molecule has 3 aromatic rings. The number of hydrogen-bond donors (Lipinski definition) is 3. The molecule has 0 saturated carbocycles. The molecule has 10 heteroatoms. The number of nitrogens with one attached hydrogen (secondary N) is 3. The van der Waals surface area contributed by atoms with Crippen LogP contribution in [0.4, 0.5) is 20.8 Å². The number of anilines is 3. The molecule has 0 aliphatic rings. The monoisotopic (exact) mass is 475 g/mol. The summed E-state index contributed by atoms with van der Waals surface area (Å²) in [4.78, 5) is 37.0. The number of halogens is 2. The maximum absolute atomic E-state index is 13.2. The Labute approximate surface area is 192 Å². The normalized spacial score (nSPS) is 10.4. The Balaban J connectivity index is 1.76. The minimum absolute atomic E-state index is 0.0109. The third kappa shape index (κ3) is 5.43. The van der Waals surface area contributed by atoms with E-state index in [1.165, 1.54) is 20.1 Å². The highest BCUT2D eigenvalue weighted by atomic mass is 35.5. The molecular formula is C22H19ClFN3O4S. The molecule has 0 aliphatic heterocycles. The van der Waals surface area contributed by atoms with Crippen LogP contribution < -0.4 is 20.7 Å². The summed E-state index contributed by atoms with van der Waals surface area (Å²) in [6, 6.07) is 10.00. The number of amides is 3. The largest absolute Gasteiger partial charge is 0.495 e. The summed E-state index contributed by atoms with van der Waals surface area (Å²) in [5.74, 6) is -1.26. The van der Waals surface area contributed by atoms with Crippen LogP contribution in [0.3, 0.4) is 0 Å². The second-order valence-corrected chi connectivity index (χ2v) is 8.21. The van der Waals surface area contributed by atoms with Gasteiger partial charge < -0.3 is 20.7 Å². The van der Waals surface area contributed by atoms with E-state index in [1.54, 1.807) is 31.2 Å². The summed E-state index contributed by atoms with van der Waals surface area (Å²) in [5.41, 5.74) is 1.65. The molecule has 0 fully saturated rings. The third-order valence-corrected chi connectivity index (χ3v) is 5.77. The molecule has 1 aromatic heterocycles. The predicted molar refractivity (Wildman–Crippen MR) is 124 cm³/mol. The van der Waals surface area contributed by atoms with Gasteiger partial charge in [-0.25, -0.2) is 4.39 Å². The molecule has 32 heavy (non-hydrogen) atoms. The predicted octanol–water partition coefficient (Wildman–Crippen LogP) is 5.32. The van der Waals surface area contributed by atoms with Crippen molar-refractivity contribution in [2.75, 3.05) is 23.1 Å². The molecule has 0 unspecified atom stereocenters. The zero-order valence-corrected chi connectivity index (χ0v) is 18.9. The first-order valence-electron chi connectivity index (χ1n) is 9.31. The number of ether oxygens (including phenoxy) is 1. The highest BCUT2D eigenvalue weighted by Gasteiger charge is 2.18. The molecule has 7 nitrogen and oxygen atoms in total. The topological polar surface area (TPSA) is 96.5 Å². The van der Waals surface area contributed by atoms with E-state index >= 15 is 0 Å². The van der Waals surface area contributed by atoms with Crippen molar-refractivity contribution in [1.29, 1.82) is 0 Å². The molecule has 0 radical (unpaired) electrons. The zero-order valence-electron chi connectivity index (χ0n) is 17.3. The SMILES string of the molecule is COc1ccc(NC(=O)c2sc(NC(=O)c3ccc(F)cc3Cl)cc2C)cc1NC(C)=O. The summed E-state index contributed by atoms with van der Waals surface area (Å²) in [5, 5.41) is 8.51. The smallest absolute Gasteiger partial charge is 0.266 e. The molecular weight excluding hydrogens is 457 g/mol. The minimum Gasteiger partial charge on any atom is -0.495 e. The van der Waals surface area contributed by atoms with Gasteiger partial charge in [0.25, 0.3) is 11.8 Å². The number of aryl methyl sites for hydroxylation is 1. The third-order valence-electron chi connectivity index (χ3n) is 4.30. The van der Waals surface area contributed by atoms with E-state index in [1.807, 2.05) is 0 Å². The van der Waals surface area contributed by atoms with Crippen LogP contribution in [0.25, 0.3) is 0 Å². The number of thiophene rings is 1. The van der Waals surface area contributed by atoms with E-state index in [9.17, 15) is 18.8 Å². The Morgan fingerprint density at radius 1 is 1.00 bits per heavy atom. The Morgan fingerprint density at radius 2 is 1.75 bits per heavy atom. The van der Waals surface area contributed by atoms with Crippen LogP contribution in [0.15, 0.2) is 42.5 Å². The number of benzene rings is 2. The van der Waals surface area contributed by atoms with E-state index in [0.717, 1.165) is 23.5 Å².